The first kappa shape index (κ1) is 20.6. The van der Waals surface area contributed by atoms with Gasteiger partial charge in [-0.15, -0.1) is 0 Å². The molecule has 0 bridgehead atoms. The fourth-order valence-electron chi connectivity index (χ4n) is 5.87. The van der Waals surface area contributed by atoms with Crippen molar-refractivity contribution in [3.63, 3.8) is 0 Å². The number of hydrogen-bond acceptors (Lipinski definition) is 5. The van der Waals surface area contributed by atoms with Gasteiger partial charge in [-0.2, -0.15) is 0 Å². The van der Waals surface area contributed by atoms with Crippen molar-refractivity contribution in [2.45, 2.75) is 56.7 Å². The second kappa shape index (κ2) is 8.34. The van der Waals surface area contributed by atoms with Crippen molar-refractivity contribution in [3.8, 4) is 11.5 Å². The fraction of sp³-hybridized carbons (Fsp3) is 0.667. The molecule has 1 spiro atoms. The quantitative estimate of drug-likeness (QED) is 0.738. The molecule has 4 aliphatic heterocycles. The average molecular weight is 429 g/mol. The number of para-hydroxylation sites is 1. The molecule has 4 heterocycles. The van der Waals surface area contributed by atoms with Crippen LogP contribution in [0.3, 0.4) is 0 Å². The van der Waals surface area contributed by atoms with Gasteiger partial charge >= 0.3 is 0 Å². The van der Waals surface area contributed by atoms with Crippen LogP contribution >= 0.6 is 0 Å². The zero-order valence-corrected chi connectivity index (χ0v) is 18.3. The van der Waals surface area contributed by atoms with Crippen LogP contribution in [-0.4, -0.2) is 67.1 Å². The summed E-state index contributed by atoms with van der Waals surface area (Å²) < 4.78 is 18.6. The predicted molar refractivity (Wildman–Crippen MR) is 114 cm³/mol. The Balaban J connectivity index is 1.29. The van der Waals surface area contributed by atoms with E-state index < -0.39 is 0 Å². The van der Waals surface area contributed by atoms with E-state index in [0.29, 0.717) is 38.4 Å². The maximum Gasteiger partial charge on any atom is 0.224 e. The molecule has 168 valence electrons. The third-order valence-electron chi connectivity index (χ3n) is 7.57. The number of amides is 2. The molecule has 7 nitrogen and oxygen atoms in total. The SMILES string of the molecule is COc1cccc2c1OC1(CCN(C(=O)CCN3CCCC3=O)CC1)[C@H]1CCCO[C@H]21. The minimum absolute atomic E-state index is 0.0241. The van der Waals surface area contributed by atoms with E-state index in [2.05, 4.69) is 6.07 Å². The minimum atomic E-state index is -0.325. The van der Waals surface area contributed by atoms with Crippen LogP contribution in [0.1, 0.15) is 56.6 Å². The number of methoxy groups -OCH3 is 1. The van der Waals surface area contributed by atoms with E-state index >= 15 is 0 Å². The third-order valence-corrected chi connectivity index (χ3v) is 7.57. The first-order valence-corrected chi connectivity index (χ1v) is 11.6. The Hall–Kier alpha value is -2.28. The summed E-state index contributed by atoms with van der Waals surface area (Å²) in [5.41, 5.74) is 0.762. The molecule has 2 atom stereocenters. The number of benzene rings is 1. The lowest BCUT2D eigenvalue weighted by molar-refractivity contribution is -0.157. The van der Waals surface area contributed by atoms with Crippen LogP contribution in [0.2, 0.25) is 0 Å². The van der Waals surface area contributed by atoms with Crippen LogP contribution in [0.15, 0.2) is 18.2 Å². The van der Waals surface area contributed by atoms with Gasteiger partial charge in [0.25, 0.3) is 0 Å². The topological polar surface area (TPSA) is 68.3 Å². The van der Waals surface area contributed by atoms with Crippen LogP contribution in [0.25, 0.3) is 0 Å². The Morgan fingerprint density at radius 1 is 1.23 bits per heavy atom. The number of nitrogens with zero attached hydrogens (tertiary/aromatic N) is 2. The van der Waals surface area contributed by atoms with E-state index in [-0.39, 0.29) is 23.5 Å². The molecule has 0 aliphatic carbocycles. The first-order chi connectivity index (χ1) is 15.1. The predicted octanol–water partition coefficient (Wildman–Crippen LogP) is 2.93. The van der Waals surface area contributed by atoms with Gasteiger partial charge in [0.1, 0.15) is 5.60 Å². The summed E-state index contributed by atoms with van der Waals surface area (Å²) in [5.74, 6) is 2.16. The number of rotatable bonds is 4. The number of hydrogen-bond donors (Lipinski definition) is 0. The van der Waals surface area contributed by atoms with Crippen molar-refractivity contribution in [2.24, 2.45) is 5.92 Å². The highest BCUT2D eigenvalue weighted by atomic mass is 16.5. The van der Waals surface area contributed by atoms with Crippen LogP contribution in [0.4, 0.5) is 0 Å². The molecule has 4 aliphatic rings. The summed E-state index contributed by atoms with van der Waals surface area (Å²) in [6.45, 7) is 3.46. The molecule has 1 aromatic carbocycles. The molecule has 7 heteroatoms. The summed E-state index contributed by atoms with van der Waals surface area (Å²) in [4.78, 5) is 28.4. The lowest BCUT2D eigenvalue weighted by atomic mass is 9.70. The molecule has 0 radical (unpaired) electrons. The van der Waals surface area contributed by atoms with Gasteiger partial charge in [0.2, 0.25) is 11.8 Å². The number of ether oxygens (including phenoxy) is 3. The second-order valence-corrected chi connectivity index (χ2v) is 9.20. The lowest BCUT2D eigenvalue weighted by Gasteiger charge is -2.53. The van der Waals surface area contributed by atoms with Crippen molar-refractivity contribution < 1.29 is 23.8 Å². The minimum Gasteiger partial charge on any atom is -0.493 e. The van der Waals surface area contributed by atoms with Crippen molar-refractivity contribution in [1.29, 1.82) is 0 Å². The number of carbonyl (C=O) groups is 2. The average Bonchev–Trinajstić information content (AvgIpc) is 3.22. The molecule has 0 N–H and O–H groups in total. The molecular weight excluding hydrogens is 396 g/mol. The summed E-state index contributed by atoms with van der Waals surface area (Å²) >= 11 is 0. The summed E-state index contributed by atoms with van der Waals surface area (Å²) in [6, 6.07) is 6.03. The van der Waals surface area contributed by atoms with Crippen LogP contribution in [-0.2, 0) is 14.3 Å². The highest BCUT2D eigenvalue weighted by Gasteiger charge is 2.53. The maximum absolute atomic E-state index is 12.8. The van der Waals surface area contributed by atoms with E-state index in [0.717, 1.165) is 62.3 Å². The molecule has 1 aromatic rings. The molecule has 5 rings (SSSR count). The Morgan fingerprint density at radius 3 is 2.81 bits per heavy atom. The van der Waals surface area contributed by atoms with Gasteiger partial charge < -0.3 is 24.0 Å². The van der Waals surface area contributed by atoms with E-state index in [4.69, 9.17) is 14.2 Å². The largest absolute Gasteiger partial charge is 0.493 e. The highest BCUT2D eigenvalue weighted by molar-refractivity contribution is 5.80. The molecular formula is C24H32N2O5. The molecule has 2 amide bonds. The van der Waals surface area contributed by atoms with Gasteiger partial charge in [-0.1, -0.05) is 12.1 Å². The standard InChI is InChI=1S/C24H32N2O5/c1-29-19-7-2-5-17-22-18(6-4-16-30-22)24(31-23(17)19)10-14-26(15-11-24)21(28)9-13-25-12-3-8-20(25)27/h2,5,7,18,22H,3-4,6,8-16H2,1H3/t18-,22+/m0/s1. The van der Waals surface area contributed by atoms with Crippen molar-refractivity contribution in [1.82, 2.24) is 9.80 Å². The monoisotopic (exact) mass is 428 g/mol. The van der Waals surface area contributed by atoms with Crippen molar-refractivity contribution >= 4 is 11.8 Å². The van der Waals surface area contributed by atoms with Crippen molar-refractivity contribution in [3.05, 3.63) is 23.8 Å². The molecule has 0 aromatic heterocycles. The van der Waals surface area contributed by atoms with Gasteiger partial charge in [-0.05, 0) is 25.3 Å². The molecule has 3 saturated heterocycles. The molecule has 3 fully saturated rings. The van der Waals surface area contributed by atoms with Gasteiger partial charge in [0.05, 0.1) is 13.2 Å². The maximum atomic E-state index is 12.8. The molecule has 31 heavy (non-hydrogen) atoms. The zero-order chi connectivity index (χ0) is 21.4. The van der Waals surface area contributed by atoms with Gasteiger partial charge in [-0.25, -0.2) is 0 Å². The van der Waals surface area contributed by atoms with E-state index in [1.807, 2.05) is 21.9 Å². The van der Waals surface area contributed by atoms with Gasteiger partial charge in [0.15, 0.2) is 11.5 Å². The van der Waals surface area contributed by atoms with Crippen LogP contribution in [0, 0.1) is 5.92 Å². The Labute approximate surface area is 183 Å². The highest BCUT2D eigenvalue weighted by Crippen LogP contribution is 2.55. The number of piperidine rings is 1. The molecule has 0 unspecified atom stereocenters. The van der Waals surface area contributed by atoms with Crippen LogP contribution in [0.5, 0.6) is 11.5 Å². The number of likely N-dealkylation sites (tertiary alicyclic amines) is 2. The van der Waals surface area contributed by atoms with E-state index in [1.165, 1.54) is 0 Å². The fourth-order valence-corrected chi connectivity index (χ4v) is 5.87. The first-order valence-electron chi connectivity index (χ1n) is 11.6. The van der Waals surface area contributed by atoms with Crippen LogP contribution < -0.4 is 9.47 Å². The Kier molecular flexibility index (Phi) is 5.54. The van der Waals surface area contributed by atoms with E-state index in [9.17, 15) is 9.59 Å². The summed E-state index contributed by atoms with van der Waals surface area (Å²) in [7, 11) is 1.67. The number of fused-ring (bicyclic) bond motifs is 4. The number of carbonyl (C=O) groups excluding carboxylic acids is 2. The molecule has 0 saturated carbocycles. The van der Waals surface area contributed by atoms with Gasteiger partial charge in [-0.3, -0.25) is 9.59 Å². The normalized spacial score (nSPS) is 26.9. The Bertz CT molecular complexity index is 848. The van der Waals surface area contributed by atoms with E-state index in [1.54, 1.807) is 7.11 Å². The third kappa shape index (κ3) is 3.67. The smallest absolute Gasteiger partial charge is 0.224 e. The zero-order valence-electron chi connectivity index (χ0n) is 18.3. The van der Waals surface area contributed by atoms with Gasteiger partial charge in [0, 0.05) is 70.0 Å². The van der Waals surface area contributed by atoms with Crippen molar-refractivity contribution in [2.75, 3.05) is 39.9 Å². The second-order valence-electron chi connectivity index (χ2n) is 9.20. The Morgan fingerprint density at radius 2 is 2.06 bits per heavy atom. The lowest BCUT2D eigenvalue weighted by Crippen LogP contribution is -2.58. The summed E-state index contributed by atoms with van der Waals surface area (Å²) in [5, 5.41) is 0. The summed E-state index contributed by atoms with van der Waals surface area (Å²) in [6.07, 6.45) is 5.67.